The first-order valence-corrected chi connectivity index (χ1v) is 6.82. The van der Waals surface area contributed by atoms with Gasteiger partial charge in [0.05, 0.1) is 9.98 Å². The summed E-state index contributed by atoms with van der Waals surface area (Å²) in [5, 5.41) is 16.3. The Morgan fingerprint density at radius 2 is 2.38 bits per heavy atom. The zero-order valence-electron chi connectivity index (χ0n) is 8.93. The number of nitrogens with zero attached hydrogens (tertiary/aromatic N) is 2. The Bertz CT molecular complexity index is 466. The molecular formula is C11H13BrN2OS. The fourth-order valence-electron chi connectivity index (χ4n) is 1.53. The third kappa shape index (κ3) is 2.53. The molecule has 5 heteroatoms. The number of aromatic nitrogens is 2. The summed E-state index contributed by atoms with van der Waals surface area (Å²) in [6.07, 6.45) is 4.10. The van der Waals surface area contributed by atoms with E-state index >= 15 is 0 Å². The number of thiophene rings is 1. The molecule has 0 bridgehead atoms. The van der Waals surface area contributed by atoms with Gasteiger partial charge in [0.2, 0.25) is 0 Å². The molecule has 0 saturated heterocycles. The van der Waals surface area contributed by atoms with Crippen LogP contribution in [0.1, 0.15) is 30.6 Å². The van der Waals surface area contributed by atoms with Gasteiger partial charge in [0.15, 0.2) is 0 Å². The third-order valence-electron chi connectivity index (χ3n) is 2.33. The molecule has 2 rings (SSSR count). The SMILES string of the molecule is CCCn1cc(C(O)c2csc(Br)c2)cn1. The summed E-state index contributed by atoms with van der Waals surface area (Å²) in [5.41, 5.74) is 1.76. The molecule has 1 atom stereocenters. The second kappa shape index (κ2) is 5.12. The molecular weight excluding hydrogens is 288 g/mol. The Morgan fingerprint density at radius 3 is 3.00 bits per heavy atom. The number of hydrogen-bond acceptors (Lipinski definition) is 3. The Morgan fingerprint density at radius 1 is 1.56 bits per heavy atom. The van der Waals surface area contributed by atoms with Gasteiger partial charge in [-0.15, -0.1) is 11.3 Å². The van der Waals surface area contributed by atoms with E-state index in [4.69, 9.17) is 0 Å². The second-order valence-corrected chi connectivity index (χ2v) is 5.91. The molecule has 2 aromatic heterocycles. The minimum Gasteiger partial charge on any atom is -0.384 e. The smallest absolute Gasteiger partial charge is 0.108 e. The van der Waals surface area contributed by atoms with Gasteiger partial charge in [0.1, 0.15) is 6.10 Å². The van der Waals surface area contributed by atoms with E-state index in [-0.39, 0.29) is 0 Å². The van der Waals surface area contributed by atoms with Crippen LogP contribution in [0.25, 0.3) is 0 Å². The van der Waals surface area contributed by atoms with Crippen LogP contribution in [0.2, 0.25) is 0 Å². The van der Waals surface area contributed by atoms with E-state index in [2.05, 4.69) is 28.0 Å². The molecule has 2 heterocycles. The molecule has 0 saturated carbocycles. The largest absolute Gasteiger partial charge is 0.384 e. The summed E-state index contributed by atoms with van der Waals surface area (Å²) in [6, 6.07) is 1.94. The van der Waals surface area contributed by atoms with Crippen LogP contribution in [0.5, 0.6) is 0 Å². The summed E-state index contributed by atoms with van der Waals surface area (Å²) in [7, 11) is 0. The molecule has 0 spiro atoms. The van der Waals surface area contributed by atoms with Crippen LogP contribution in [0.3, 0.4) is 0 Å². The maximum absolute atomic E-state index is 10.1. The number of rotatable bonds is 4. The van der Waals surface area contributed by atoms with Crippen molar-refractivity contribution >= 4 is 27.3 Å². The lowest BCUT2D eigenvalue weighted by Crippen LogP contribution is -1.98. The molecule has 0 aliphatic rings. The quantitative estimate of drug-likeness (QED) is 0.941. The van der Waals surface area contributed by atoms with Crippen molar-refractivity contribution in [2.24, 2.45) is 0 Å². The molecule has 0 fully saturated rings. The van der Waals surface area contributed by atoms with Crippen molar-refractivity contribution < 1.29 is 5.11 Å². The zero-order chi connectivity index (χ0) is 11.5. The zero-order valence-corrected chi connectivity index (χ0v) is 11.3. The molecule has 1 N–H and O–H groups in total. The lowest BCUT2D eigenvalue weighted by molar-refractivity contribution is 0.220. The molecule has 2 aromatic rings. The highest BCUT2D eigenvalue weighted by molar-refractivity contribution is 9.11. The van der Waals surface area contributed by atoms with Crippen LogP contribution in [0.15, 0.2) is 27.6 Å². The average molecular weight is 301 g/mol. The summed E-state index contributed by atoms with van der Waals surface area (Å²) in [5.74, 6) is 0. The van der Waals surface area contributed by atoms with Crippen molar-refractivity contribution in [2.75, 3.05) is 0 Å². The first kappa shape index (κ1) is 11.8. The summed E-state index contributed by atoms with van der Waals surface area (Å²) < 4.78 is 2.89. The normalized spacial score (nSPS) is 12.9. The van der Waals surface area contributed by atoms with E-state index in [0.29, 0.717) is 0 Å². The van der Waals surface area contributed by atoms with Gasteiger partial charge in [0, 0.05) is 18.3 Å². The van der Waals surface area contributed by atoms with Crippen molar-refractivity contribution in [3.63, 3.8) is 0 Å². The molecule has 0 aliphatic heterocycles. The molecule has 1 unspecified atom stereocenters. The summed E-state index contributed by atoms with van der Waals surface area (Å²) >= 11 is 4.96. The van der Waals surface area contributed by atoms with E-state index in [9.17, 15) is 5.11 Å². The monoisotopic (exact) mass is 300 g/mol. The van der Waals surface area contributed by atoms with Gasteiger partial charge in [0.25, 0.3) is 0 Å². The number of aliphatic hydroxyl groups excluding tert-OH is 1. The molecule has 0 amide bonds. The second-order valence-electron chi connectivity index (χ2n) is 3.62. The number of aliphatic hydroxyl groups is 1. The van der Waals surface area contributed by atoms with Crippen molar-refractivity contribution in [3.8, 4) is 0 Å². The molecule has 3 nitrogen and oxygen atoms in total. The van der Waals surface area contributed by atoms with Gasteiger partial charge in [-0.2, -0.15) is 5.10 Å². The van der Waals surface area contributed by atoms with Gasteiger partial charge in [-0.1, -0.05) is 6.92 Å². The lowest BCUT2D eigenvalue weighted by atomic mass is 10.1. The minimum absolute atomic E-state index is 0.576. The Hall–Kier alpha value is -0.650. The highest BCUT2D eigenvalue weighted by atomic mass is 79.9. The fraction of sp³-hybridized carbons (Fsp3) is 0.364. The van der Waals surface area contributed by atoms with Crippen LogP contribution in [-0.2, 0) is 6.54 Å². The third-order valence-corrected chi connectivity index (χ3v) is 3.85. The Labute approximate surface area is 107 Å². The van der Waals surface area contributed by atoms with Gasteiger partial charge in [-0.25, -0.2) is 0 Å². The Kier molecular flexibility index (Phi) is 3.78. The summed E-state index contributed by atoms with van der Waals surface area (Å²) in [4.78, 5) is 0. The van der Waals surface area contributed by atoms with Crippen LogP contribution in [0, 0.1) is 0 Å². The van der Waals surface area contributed by atoms with Crippen LogP contribution < -0.4 is 0 Å². The van der Waals surface area contributed by atoms with E-state index in [1.54, 1.807) is 17.5 Å². The minimum atomic E-state index is -0.576. The van der Waals surface area contributed by atoms with Crippen LogP contribution in [-0.4, -0.2) is 14.9 Å². The van der Waals surface area contributed by atoms with Crippen LogP contribution >= 0.6 is 27.3 Å². The Balaban J connectivity index is 2.17. The van der Waals surface area contributed by atoms with Crippen LogP contribution in [0.4, 0.5) is 0 Å². The highest BCUT2D eigenvalue weighted by Gasteiger charge is 2.13. The summed E-state index contributed by atoms with van der Waals surface area (Å²) in [6.45, 7) is 2.99. The number of halogens is 1. The van der Waals surface area contributed by atoms with E-state index < -0.39 is 6.10 Å². The van der Waals surface area contributed by atoms with Crippen molar-refractivity contribution in [3.05, 3.63) is 38.8 Å². The maximum atomic E-state index is 10.1. The van der Waals surface area contributed by atoms with Gasteiger partial charge >= 0.3 is 0 Å². The maximum Gasteiger partial charge on any atom is 0.108 e. The van der Waals surface area contributed by atoms with Crippen molar-refractivity contribution in [2.45, 2.75) is 26.0 Å². The molecule has 0 aromatic carbocycles. The fourth-order valence-corrected chi connectivity index (χ4v) is 2.73. The number of aryl methyl sites for hydroxylation is 1. The van der Waals surface area contributed by atoms with Crippen molar-refractivity contribution in [1.82, 2.24) is 9.78 Å². The average Bonchev–Trinajstić information content (AvgIpc) is 2.87. The van der Waals surface area contributed by atoms with Gasteiger partial charge in [-0.3, -0.25) is 4.68 Å². The predicted molar refractivity (Wildman–Crippen MR) is 68.6 cm³/mol. The molecule has 0 aliphatic carbocycles. The standard InChI is InChI=1S/C11H13BrN2OS/c1-2-3-14-6-9(5-13-14)11(15)8-4-10(12)16-7-8/h4-7,11,15H,2-3H2,1H3. The molecule has 86 valence electrons. The topological polar surface area (TPSA) is 38.0 Å². The van der Waals surface area contributed by atoms with Gasteiger partial charge in [-0.05, 0) is 39.4 Å². The molecule has 16 heavy (non-hydrogen) atoms. The van der Waals surface area contributed by atoms with E-state index in [1.165, 1.54) is 0 Å². The highest BCUT2D eigenvalue weighted by Crippen LogP contribution is 2.28. The van der Waals surface area contributed by atoms with Gasteiger partial charge < -0.3 is 5.11 Å². The van der Waals surface area contributed by atoms with E-state index in [0.717, 1.165) is 27.9 Å². The lowest BCUT2D eigenvalue weighted by Gasteiger charge is -2.04. The van der Waals surface area contributed by atoms with Crippen molar-refractivity contribution in [1.29, 1.82) is 0 Å². The first-order valence-electron chi connectivity index (χ1n) is 5.15. The predicted octanol–water partition coefficient (Wildman–Crippen LogP) is 3.20. The van der Waals surface area contributed by atoms with E-state index in [1.807, 2.05) is 22.3 Å². The first-order chi connectivity index (χ1) is 7.70. The number of hydrogen-bond donors (Lipinski definition) is 1. The molecule has 0 radical (unpaired) electrons.